The summed E-state index contributed by atoms with van der Waals surface area (Å²) in [5.41, 5.74) is -0.937. The second-order valence-electron chi connectivity index (χ2n) is 8.71. The number of carbonyl (C=O) groups excluding carboxylic acids is 2. The standard InChI is InChI=1S/C25H31F4N3O4S/c1-5-17(3)30-24(34)22(6-2)31(15-18-10-12-20(26)13-11-18)23(33)16-32(37(4,35)36)21-9-7-8-19(14-21)25(27,28)29/h7-14,17,22H,5-6,15-16H2,1-4H3,(H,30,34)/t17-,22-/m1/s1. The van der Waals surface area contributed by atoms with Crippen molar-refractivity contribution in [3.05, 3.63) is 65.5 Å². The molecule has 0 aliphatic rings. The van der Waals surface area contributed by atoms with Crippen LogP contribution in [-0.2, 0) is 32.3 Å². The number of nitrogens with zero attached hydrogens (tertiary/aromatic N) is 2. The largest absolute Gasteiger partial charge is 0.416 e. The highest BCUT2D eigenvalue weighted by molar-refractivity contribution is 7.92. The highest BCUT2D eigenvalue weighted by atomic mass is 32.2. The van der Waals surface area contributed by atoms with Crippen molar-refractivity contribution in [2.75, 3.05) is 17.1 Å². The molecule has 2 aromatic rings. The molecule has 0 heterocycles. The molecular weight excluding hydrogens is 514 g/mol. The van der Waals surface area contributed by atoms with Crippen molar-refractivity contribution in [1.29, 1.82) is 0 Å². The monoisotopic (exact) mass is 545 g/mol. The van der Waals surface area contributed by atoms with E-state index in [4.69, 9.17) is 0 Å². The maximum absolute atomic E-state index is 13.5. The molecule has 37 heavy (non-hydrogen) atoms. The molecule has 0 bridgehead atoms. The van der Waals surface area contributed by atoms with Crippen molar-refractivity contribution in [2.24, 2.45) is 0 Å². The van der Waals surface area contributed by atoms with Gasteiger partial charge in [-0.05, 0) is 55.7 Å². The van der Waals surface area contributed by atoms with Crippen LogP contribution in [0.3, 0.4) is 0 Å². The predicted molar refractivity (Wildman–Crippen MR) is 133 cm³/mol. The number of halogens is 4. The molecule has 0 radical (unpaired) electrons. The Morgan fingerprint density at radius 2 is 1.65 bits per heavy atom. The number of alkyl halides is 3. The first kappa shape index (κ1) is 30.1. The van der Waals surface area contributed by atoms with E-state index in [1.54, 1.807) is 13.8 Å². The van der Waals surface area contributed by atoms with Crippen LogP contribution in [-0.4, -0.2) is 50.0 Å². The Hall–Kier alpha value is -3.15. The lowest BCUT2D eigenvalue weighted by Crippen LogP contribution is -2.53. The van der Waals surface area contributed by atoms with Crippen molar-refractivity contribution >= 4 is 27.5 Å². The Balaban J connectivity index is 2.48. The van der Waals surface area contributed by atoms with Crippen LogP contribution in [0.2, 0.25) is 0 Å². The number of anilines is 1. The van der Waals surface area contributed by atoms with Crippen LogP contribution in [0.5, 0.6) is 0 Å². The molecule has 0 aromatic heterocycles. The Morgan fingerprint density at radius 3 is 2.16 bits per heavy atom. The zero-order chi connectivity index (χ0) is 28.0. The first-order valence-electron chi connectivity index (χ1n) is 11.7. The maximum atomic E-state index is 13.5. The van der Waals surface area contributed by atoms with Gasteiger partial charge in [0.05, 0.1) is 17.5 Å². The van der Waals surface area contributed by atoms with E-state index in [2.05, 4.69) is 5.32 Å². The third kappa shape index (κ3) is 8.44. The summed E-state index contributed by atoms with van der Waals surface area (Å²) in [6.07, 6.45) is -3.14. The number of carbonyl (C=O) groups is 2. The fourth-order valence-corrected chi connectivity index (χ4v) is 4.44. The molecule has 12 heteroatoms. The van der Waals surface area contributed by atoms with Gasteiger partial charge < -0.3 is 10.2 Å². The third-order valence-electron chi connectivity index (χ3n) is 5.79. The average molecular weight is 546 g/mol. The molecule has 2 atom stereocenters. The molecule has 0 aliphatic carbocycles. The summed E-state index contributed by atoms with van der Waals surface area (Å²) in [4.78, 5) is 27.7. The Labute approximate surface area is 214 Å². The smallest absolute Gasteiger partial charge is 0.352 e. The molecule has 2 amide bonds. The Bertz CT molecular complexity index is 1190. The number of sulfonamides is 1. The van der Waals surface area contributed by atoms with Crippen LogP contribution in [0.1, 0.15) is 44.7 Å². The van der Waals surface area contributed by atoms with Gasteiger partial charge in [-0.1, -0.05) is 32.0 Å². The van der Waals surface area contributed by atoms with Gasteiger partial charge in [-0.25, -0.2) is 12.8 Å². The van der Waals surface area contributed by atoms with Gasteiger partial charge in [0, 0.05) is 12.6 Å². The summed E-state index contributed by atoms with van der Waals surface area (Å²) in [6, 6.07) is 7.66. The molecule has 0 fully saturated rings. The van der Waals surface area contributed by atoms with E-state index < -0.39 is 52.0 Å². The molecule has 0 unspecified atom stereocenters. The molecule has 0 aliphatic heterocycles. The lowest BCUT2D eigenvalue weighted by molar-refractivity contribution is -0.140. The third-order valence-corrected chi connectivity index (χ3v) is 6.93. The van der Waals surface area contributed by atoms with Gasteiger partial charge in [-0.15, -0.1) is 0 Å². The first-order valence-corrected chi connectivity index (χ1v) is 13.5. The molecule has 7 nitrogen and oxygen atoms in total. The molecule has 0 saturated heterocycles. The van der Waals surface area contributed by atoms with E-state index in [0.29, 0.717) is 22.4 Å². The van der Waals surface area contributed by atoms with Crippen molar-refractivity contribution in [2.45, 2.75) is 58.4 Å². The molecule has 204 valence electrons. The number of nitrogens with one attached hydrogen (secondary N) is 1. The van der Waals surface area contributed by atoms with Crippen LogP contribution in [0, 0.1) is 5.82 Å². The maximum Gasteiger partial charge on any atom is 0.416 e. The van der Waals surface area contributed by atoms with Crippen molar-refractivity contribution in [3.8, 4) is 0 Å². The topological polar surface area (TPSA) is 86.8 Å². The summed E-state index contributed by atoms with van der Waals surface area (Å²) >= 11 is 0. The summed E-state index contributed by atoms with van der Waals surface area (Å²) in [5, 5.41) is 2.80. The highest BCUT2D eigenvalue weighted by Gasteiger charge is 2.34. The van der Waals surface area contributed by atoms with Gasteiger partial charge in [0.25, 0.3) is 0 Å². The fourth-order valence-electron chi connectivity index (χ4n) is 3.60. The number of rotatable bonds is 11. The zero-order valence-corrected chi connectivity index (χ0v) is 21.9. The molecule has 0 saturated carbocycles. The van der Waals surface area contributed by atoms with Gasteiger partial charge in [0.2, 0.25) is 21.8 Å². The Kier molecular flexibility index (Phi) is 10.1. The molecular formula is C25H31F4N3O4S. The van der Waals surface area contributed by atoms with E-state index in [1.807, 2.05) is 6.92 Å². The van der Waals surface area contributed by atoms with Gasteiger partial charge >= 0.3 is 6.18 Å². The van der Waals surface area contributed by atoms with Crippen molar-refractivity contribution in [3.63, 3.8) is 0 Å². The minimum Gasteiger partial charge on any atom is -0.352 e. The van der Waals surface area contributed by atoms with Gasteiger partial charge in [0.1, 0.15) is 18.4 Å². The highest BCUT2D eigenvalue weighted by Crippen LogP contribution is 2.32. The summed E-state index contributed by atoms with van der Waals surface area (Å²) in [6.45, 7) is 4.34. The van der Waals surface area contributed by atoms with Crippen LogP contribution in [0.25, 0.3) is 0 Å². The second kappa shape index (κ2) is 12.4. The predicted octanol–water partition coefficient (Wildman–Crippen LogP) is 4.33. The quantitative estimate of drug-likeness (QED) is 0.426. The van der Waals surface area contributed by atoms with E-state index >= 15 is 0 Å². The number of hydrogen-bond acceptors (Lipinski definition) is 4. The van der Waals surface area contributed by atoms with Gasteiger partial charge in [-0.3, -0.25) is 13.9 Å². The van der Waals surface area contributed by atoms with Gasteiger partial charge in [0.15, 0.2) is 0 Å². The van der Waals surface area contributed by atoms with Crippen molar-refractivity contribution in [1.82, 2.24) is 10.2 Å². The lowest BCUT2D eigenvalue weighted by Gasteiger charge is -2.33. The summed E-state index contributed by atoms with van der Waals surface area (Å²) < 4.78 is 78.9. The molecule has 2 rings (SSSR count). The zero-order valence-electron chi connectivity index (χ0n) is 21.0. The van der Waals surface area contributed by atoms with E-state index in [0.717, 1.165) is 29.4 Å². The number of benzene rings is 2. The molecule has 1 N–H and O–H groups in total. The van der Waals surface area contributed by atoms with E-state index in [9.17, 15) is 35.6 Å². The molecule has 0 spiro atoms. The van der Waals surface area contributed by atoms with E-state index in [-0.39, 0.29) is 24.7 Å². The SMILES string of the molecule is CC[C@@H](C)NC(=O)[C@@H](CC)N(Cc1ccc(F)cc1)C(=O)CN(c1cccc(C(F)(F)F)c1)S(C)(=O)=O. The van der Waals surface area contributed by atoms with Crippen LogP contribution < -0.4 is 9.62 Å². The van der Waals surface area contributed by atoms with Crippen LogP contribution >= 0.6 is 0 Å². The van der Waals surface area contributed by atoms with E-state index in [1.165, 1.54) is 24.3 Å². The number of amides is 2. The van der Waals surface area contributed by atoms with Crippen LogP contribution in [0.15, 0.2) is 48.5 Å². The molecule has 2 aromatic carbocycles. The first-order chi connectivity index (χ1) is 17.2. The Morgan fingerprint density at radius 1 is 1.03 bits per heavy atom. The van der Waals surface area contributed by atoms with Gasteiger partial charge in [-0.2, -0.15) is 13.2 Å². The fraction of sp³-hybridized carbons (Fsp3) is 0.440. The minimum absolute atomic E-state index is 0.147. The van der Waals surface area contributed by atoms with Crippen molar-refractivity contribution < 1.29 is 35.6 Å². The lowest BCUT2D eigenvalue weighted by atomic mass is 10.1. The number of hydrogen-bond donors (Lipinski definition) is 1. The minimum atomic E-state index is -4.72. The summed E-state index contributed by atoms with van der Waals surface area (Å²) in [7, 11) is -4.19. The average Bonchev–Trinajstić information content (AvgIpc) is 2.82. The summed E-state index contributed by atoms with van der Waals surface area (Å²) in [5.74, 6) is -1.77. The normalized spacial score (nSPS) is 13.5. The van der Waals surface area contributed by atoms with Crippen LogP contribution in [0.4, 0.5) is 23.2 Å². The second-order valence-corrected chi connectivity index (χ2v) is 10.6.